The monoisotopic (exact) mass is 365 g/mol. The molecular weight excluding hydrogens is 350 g/mol. The minimum atomic E-state index is -0.854. The molecule has 0 aromatic heterocycles. The second-order valence-electron chi connectivity index (χ2n) is 5.86. The molecule has 1 atom stereocenters. The van der Waals surface area contributed by atoms with E-state index >= 15 is 0 Å². The van der Waals surface area contributed by atoms with E-state index in [4.69, 9.17) is 0 Å². The zero-order valence-corrected chi connectivity index (χ0v) is 13.6. The zero-order valence-electron chi connectivity index (χ0n) is 12.1. The fourth-order valence-electron chi connectivity index (χ4n) is 2.71. The summed E-state index contributed by atoms with van der Waals surface area (Å²) in [6.45, 7) is 1.45. The first kappa shape index (κ1) is 15.0. The summed E-state index contributed by atoms with van der Waals surface area (Å²) in [6.07, 6.45) is 1.86. The Morgan fingerprint density at radius 3 is 2.82 bits per heavy atom. The van der Waals surface area contributed by atoms with Crippen LogP contribution in [0.4, 0.5) is 10.5 Å². The summed E-state index contributed by atoms with van der Waals surface area (Å²) < 4.78 is 0.835. The zero-order chi connectivity index (χ0) is 15.9. The van der Waals surface area contributed by atoms with E-state index in [0.29, 0.717) is 5.69 Å². The van der Waals surface area contributed by atoms with Crippen molar-refractivity contribution in [2.75, 3.05) is 11.9 Å². The van der Waals surface area contributed by atoms with E-state index < -0.39 is 17.5 Å². The maximum atomic E-state index is 12.4. The molecule has 6 nitrogen and oxygen atoms in total. The largest absolute Gasteiger partial charge is 0.325 e. The number of carbonyl (C=O) groups is 3. The highest BCUT2D eigenvalue weighted by atomic mass is 79.9. The molecule has 1 saturated carbocycles. The number of benzene rings is 1. The molecule has 1 aliphatic carbocycles. The number of amides is 4. The minimum absolute atomic E-state index is 0.182. The molecule has 1 aromatic carbocycles. The highest BCUT2D eigenvalue weighted by molar-refractivity contribution is 9.10. The topological polar surface area (TPSA) is 78.5 Å². The van der Waals surface area contributed by atoms with Crippen LogP contribution >= 0.6 is 15.9 Å². The first-order valence-electron chi connectivity index (χ1n) is 7.09. The van der Waals surface area contributed by atoms with Gasteiger partial charge in [0, 0.05) is 10.2 Å². The maximum Gasteiger partial charge on any atom is 0.325 e. The first-order chi connectivity index (χ1) is 10.4. The summed E-state index contributed by atoms with van der Waals surface area (Å²) in [5, 5.41) is 5.40. The Labute approximate surface area is 136 Å². The molecule has 1 aliphatic heterocycles. The van der Waals surface area contributed by atoms with Crippen molar-refractivity contribution in [1.82, 2.24) is 10.2 Å². The number of carbonyl (C=O) groups excluding carboxylic acids is 3. The molecule has 116 valence electrons. The number of imide groups is 1. The van der Waals surface area contributed by atoms with Gasteiger partial charge in [0.05, 0.1) is 0 Å². The van der Waals surface area contributed by atoms with E-state index in [-0.39, 0.29) is 18.4 Å². The summed E-state index contributed by atoms with van der Waals surface area (Å²) in [6, 6.07) is 6.62. The lowest BCUT2D eigenvalue weighted by molar-refractivity contribution is -0.134. The Morgan fingerprint density at radius 1 is 1.45 bits per heavy atom. The van der Waals surface area contributed by atoms with Crippen LogP contribution in [0.15, 0.2) is 28.7 Å². The predicted octanol–water partition coefficient (Wildman–Crippen LogP) is 2.11. The van der Waals surface area contributed by atoms with Crippen LogP contribution in [-0.4, -0.2) is 34.8 Å². The van der Waals surface area contributed by atoms with Gasteiger partial charge in [0.15, 0.2) is 0 Å². The minimum Gasteiger partial charge on any atom is -0.324 e. The van der Waals surface area contributed by atoms with Gasteiger partial charge in [-0.15, -0.1) is 0 Å². The number of rotatable bonds is 4. The van der Waals surface area contributed by atoms with Gasteiger partial charge in [-0.25, -0.2) is 4.79 Å². The number of hydrogen-bond acceptors (Lipinski definition) is 3. The molecule has 2 aliphatic rings. The van der Waals surface area contributed by atoms with Gasteiger partial charge in [-0.05, 0) is 43.9 Å². The van der Waals surface area contributed by atoms with E-state index in [1.54, 1.807) is 25.1 Å². The molecule has 2 N–H and O–H groups in total. The molecule has 1 saturated heterocycles. The normalized spacial score (nSPS) is 24.4. The van der Waals surface area contributed by atoms with Gasteiger partial charge in [0.25, 0.3) is 5.91 Å². The molecule has 1 aromatic rings. The Balaban J connectivity index is 1.66. The lowest BCUT2D eigenvalue weighted by Gasteiger charge is -2.20. The average Bonchev–Trinajstić information content (AvgIpc) is 3.25. The second kappa shape index (κ2) is 5.39. The number of hydrogen-bond donors (Lipinski definition) is 2. The quantitative estimate of drug-likeness (QED) is 0.802. The molecule has 1 heterocycles. The van der Waals surface area contributed by atoms with Crippen LogP contribution in [0.25, 0.3) is 0 Å². The fourth-order valence-corrected chi connectivity index (χ4v) is 3.11. The van der Waals surface area contributed by atoms with Crippen LogP contribution in [0.2, 0.25) is 0 Å². The number of anilines is 1. The molecule has 4 amide bonds. The molecule has 0 spiro atoms. The highest BCUT2D eigenvalue weighted by Crippen LogP contribution is 2.42. The highest BCUT2D eigenvalue weighted by Gasteiger charge is 2.56. The van der Waals surface area contributed by atoms with Gasteiger partial charge in [-0.1, -0.05) is 22.0 Å². The first-order valence-corrected chi connectivity index (χ1v) is 7.89. The molecule has 0 bridgehead atoms. The van der Waals surface area contributed by atoms with Crippen LogP contribution in [0.1, 0.15) is 19.8 Å². The van der Waals surface area contributed by atoms with Gasteiger partial charge in [-0.2, -0.15) is 0 Å². The van der Waals surface area contributed by atoms with Gasteiger partial charge in [0.2, 0.25) is 5.91 Å². The van der Waals surface area contributed by atoms with Gasteiger partial charge in [0.1, 0.15) is 12.1 Å². The number of nitrogens with one attached hydrogen (secondary N) is 2. The van der Waals surface area contributed by atoms with E-state index in [0.717, 1.165) is 22.2 Å². The predicted molar refractivity (Wildman–Crippen MR) is 84.1 cm³/mol. The molecule has 22 heavy (non-hydrogen) atoms. The van der Waals surface area contributed by atoms with Crippen LogP contribution in [-0.2, 0) is 9.59 Å². The summed E-state index contributed by atoms with van der Waals surface area (Å²) in [5.41, 5.74) is -0.246. The third-order valence-corrected chi connectivity index (χ3v) is 4.60. The molecule has 3 rings (SSSR count). The molecule has 0 radical (unpaired) electrons. The Bertz CT molecular complexity index is 659. The lowest BCUT2D eigenvalue weighted by atomic mass is 9.96. The number of halogens is 1. The SMILES string of the molecule is C[C@@]1(C2CC2)NC(=O)N(CC(=O)Nc2cccc(Br)c2)C1=O. The molecule has 2 fully saturated rings. The second-order valence-corrected chi connectivity index (χ2v) is 6.77. The molecule has 7 heteroatoms. The van der Waals surface area contributed by atoms with Crippen molar-refractivity contribution in [2.24, 2.45) is 5.92 Å². The maximum absolute atomic E-state index is 12.4. The summed E-state index contributed by atoms with van der Waals surface area (Å²) in [5.74, 6) is -0.534. The summed E-state index contributed by atoms with van der Waals surface area (Å²) >= 11 is 3.32. The van der Waals surface area contributed by atoms with E-state index in [1.807, 2.05) is 6.07 Å². The van der Waals surface area contributed by atoms with Crippen molar-refractivity contribution in [3.63, 3.8) is 0 Å². The Kier molecular flexibility index (Phi) is 3.68. The Hall–Kier alpha value is -1.89. The van der Waals surface area contributed by atoms with Crippen LogP contribution in [0.5, 0.6) is 0 Å². The summed E-state index contributed by atoms with van der Waals surface area (Å²) in [7, 11) is 0. The van der Waals surface area contributed by atoms with E-state index in [2.05, 4.69) is 26.6 Å². The van der Waals surface area contributed by atoms with E-state index in [9.17, 15) is 14.4 Å². The van der Waals surface area contributed by atoms with Crippen molar-refractivity contribution in [3.8, 4) is 0 Å². The van der Waals surface area contributed by atoms with Crippen molar-refractivity contribution < 1.29 is 14.4 Å². The van der Waals surface area contributed by atoms with Crippen LogP contribution in [0, 0.1) is 5.92 Å². The van der Waals surface area contributed by atoms with Crippen LogP contribution < -0.4 is 10.6 Å². The summed E-state index contributed by atoms with van der Waals surface area (Å²) in [4.78, 5) is 37.5. The average molecular weight is 366 g/mol. The van der Waals surface area contributed by atoms with Crippen molar-refractivity contribution in [2.45, 2.75) is 25.3 Å². The van der Waals surface area contributed by atoms with Gasteiger partial charge in [-0.3, -0.25) is 14.5 Å². The number of urea groups is 1. The molecule has 0 unspecified atom stereocenters. The van der Waals surface area contributed by atoms with Crippen LogP contribution in [0.3, 0.4) is 0 Å². The van der Waals surface area contributed by atoms with Crippen molar-refractivity contribution in [1.29, 1.82) is 0 Å². The third kappa shape index (κ3) is 2.72. The molecular formula is C15H16BrN3O3. The fraction of sp³-hybridized carbons (Fsp3) is 0.400. The van der Waals surface area contributed by atoms with Gasteiger partial charge >= 0.3 is 6.03 Å². The van der Waals surface area contributed by atoms with E-state index in [1.165, 1.54) is 0 Å². The van der Waals surface area contributed by atoms with Crippen molar-refractivity contribution >= 4 is 39.5 Å². The Morgan fingerprint density at radius 2 is 2.18 bits per heavy atom. The van der Waals surface area contributed by atoms with Crippen molar-refractivity contribution in [3.05, 3.63) is 28.7 Å². The number of nitrogens with zero attached hydrogens (tertiary/aromatic N) is 1. The third-order valence-electron chi connectivity index (χ3n) is 4.11. The smallest absolute Gasteiger partial charge is 0.324 e. The standard InChI is InChI=1S/C15H16BrN3O3/c1-15(9-5-6-9)13(21)19(14(22)18-15)8-12(20)17-11-4-2-3-10(16)7-11/h2-4,7,9H,5-6,8H2,1H3,(H,17,20)(H,18,22)/t15-/m0/s1. The van der Waals surface area contributed by atoms with Gasteiger partial charge < -0.3 is 10.6 Å². The lowest BCUT2D eigenvalue weighted by Crippen LogP contribution is -2.46.